The van der Waals surface area contributed by atoms with E-state index in [1.165, 1.54) is 38.6 Å². The molecule has 4 aromatic rings. The van der Waals surface area contributed by atoms with Gasteiger partial charge in [0.05, 0.1) is 0 Å². The van der Waals surface area contributed by atoms with E-state index >= 15 is 0 Å². The fraction of sp³-hybridized carbons (Fsp3) is 0.154. The third-order valence-corrected chi connectivity index (χ3v) is 5.03. The molecule has 0 fully saturated rings. The van der Waals surface area contributed by atoms with Crippen LogP contribution in [-0.2, 0) is 5.41 Å². The predicted molar refractivity (Wildman–Crippen MR) is 114 cm³/mol. The van der Waals surface area contributed by atoms with Gasteiger partial charge in [0.15, 0.2) is 0 Å². The van der Waals surface area contributed by atoms with E-state index in [9.17, 15) is 0 Å². The molecule has 0 N–H and O–H groups in total. The van der Waals surface area contributed by atoms with Crippen LogP contribution in [0.15, 0.2) is 91.0 Å². The monoisotopic (exact) mass is 336 g/mol. The maximum absolute atomic E-state index is 2.30. The largest absolute Gasteiger partial charge is 0.0622 e. The molecule has 0 amide bonds. The lowest BCUT2D eigenvalue weighted by Crippen LogP contribution is -2.10. The number of hydrogen-bond donors (Lipinski definition) is 0. The van der Waals surface area contributed by atoms with Crippen LogP contribution in [0, 0.1) is 0 Å². The summed E-state index contributed by atoms with van der Waals surface area (Å²) < 4.78 is 0. The molecule has 0 saturated carbocycles. The number of rotatable bonds is 2. The van der Waals surface area contributed by atoms with Crippen molar-refractivity contribution in [3.8, 4) is 22.3 Å². The third-order valence-electron chi connectivity index (χ3n) is 5.03. The van der Waals surface area contributed by atoms with Crippen LogP contribution in [0.4, 0.5) is 0 Å². The number of hydrogen-bond acceptors (Lipinski definition) is 0. The van der Waals surface area contributed by atoms with E-state index in [1.54, 1.807) is 0 Å². The zero-order chi connectivity index (χ0) is 18.1. The van der Waals surface area contributed by atoms with E-state index in [4.69, 9.17) is 0 Å². The van der Waals surface area contributed by atoms with Gasteiger partial charge in [0.1, 0.15) is 0 Å². The lowest BCUT2D eigenvalue weighted by atomic mass is 9.86. The van der Waals surface area contributed by atoms with Crippen LogP contribution < -0.4 is 0 Å². The molecule has 4 rings (SSSR count). The molecule has 0 unspecified atom stereocenters. The summed E-state index contributed by atoms with van der Waals surface area (Å²) in [6.07, 6.45) is 0. The highest BCUT2D eigenvalue weighted by molar-refractivity contribution is 5.90. The molecule has 0 saturated heterocycles. The molecule has 0 bridgehead atoms. The van der Waals surface area contributed by atoms with Crippen molar-refractivity contribution < 1.29 is 0 Å². The van der Waals surface area contributed by atoms with Crippen molar-refractivity contribution in [3.05, 3.63) is 96.6 Å². The molecule has 0 spiro atoms. The van der Waals surface area contributed by atoms with Gasteiger partial charge in [-0.2, -0.15) is 0 Å². The van der Waals surface area contributed by atoms with Crippen LogP contribution in [0.3, 0.4) is 0 Å². The Balaban J connectivity index is 1.75. The predicted octanol–water partition coefficient (Wildman–Crippen LogP) is 7.47. The smallest absolute Gasteiger partial charge is 0.0132 e. The Hall–Kier alpha value is -2.86. The van der Waals surface area contributed by atoms with Crippen molar-refractivity contribution in [3.63, 3.8) is 0 Å². The van der Waals surface area contributed by atoms with Gasteiger partial charge in [-0.1, -0.05) is 99.6 Å². The molecular weight excluding hydrogens is 312 g/mol. The molecule has 0 aromatic heterocycles. The highest BCUT2D eigenvalue weighted by Crippen LogP contribution is 2.30. The molecule has 0 nitrogen and oxygen atoms in total. The van der Waals surface area contributed by atoms with E-state index in [0.29, 0.717) is 0 Å². The van der Waals surface area contributed by atoms with Crippen LogP contribution in [-0.4, -0.2) is 0 Å². The summed E-state index contributed by atoms with van der Waals surface area (Å²) in [5, 5.41) is 2.56. The zero-order valence-electron chi connectivity index (χ0n) is 15.7. The Morgan fingerprint density at radius 1 is 0.462 bits per heavy atom. The summed E-state index contributed by atoms with van der Waals surface area (Å²) in [5.41, 5.74) is 6.61. The molecule has 26 heavy (non-hydrogen) atoms. The lowest BCUT2D eigenvalue weighted by Gasteiger charge is -2.19. The Bertz CT molecular complexity index is 1030. The SMILES string of the molecule is CC(C)(C)c1ccc(-c2ccc3ccc(-c4ccccc4)cc3c2)cc1. The molecular formula is C26H24. The minimum absolute atomic E-state index is 0.187. The van der Waals surface area contributed by atoms with Gasteiger partial charge >= 0.3 is 0 Å². The molecule has 0 radical (unpaired) electrons. The summed E-state index contributed by atoms with van der Waals surface area (Å²) in [5.74, 6) is 0. The van der Waals surface area contributed by atoms with Crippen LogP contribution in [0.2, 0.25) is 0 Å². The summed E-state index contributed by atoms with van der Waals surface area (Å²) in [7, 11) is 0. The molecule has 0 aliphatic heterocycles. The maximum atomic E-state index is 2.30. The van der Waals surface area contributed by atoms with Crippen molar-refractivity contribution >= 4 is 10.8 Å². The quantitative estimate of drug-likeness (QED) is 0.356. The van der Waals surface area contributed by atoms with Crippen molar-refractivity contribution in [1.82, 2.24) is 0 Å². The van der Waals surface area contributed by atoms with Crippen LogP contribution in [0.5, 0.6) is 0 Å². The first-order valence-corrected chi connectivity index (χ1v) is 9.21. The summed E-state index contributed by atoms with van der Waals surface area (Å²) in [6, 6.07) is 33.0. The molecule has 0 atom stereocenters. The van der Waals surface area contributed by atoms with Crippen molar-refractivity contribution in [2.24, 2.45) is 0 Å². The number of benzene rings is 4. The highest BCUT2D eigenvalue weighted by Gasteiger charge is 2.13. The molecule has 0 aliphatic carbocycles. The Morgan fingerprint density at radius 3 is 1.50 bits per heavy atom. The van der Waals surface area contributed by atoms with E-state index in [-0.39, 0.29) is 5.41 Å². The van der Waals surface area contributed by atoms with Gasteiger partial charge in [-0.05, 0) is 56.1 Å². The van der Waals surface area contributed by atoms with Gasteiger partial charge in [-0.25, -0.2) is 0 Å². The highest BCUT2D eigenvalue weighted by atomic mass is 14.2. The fourth-order valence-electron chi connectivity index (χ4n) is 3.40. The molecule has 0 heteroatoms. The lowest BCUT2D eigenvalue weighted by molar-refractivity contribution is 0.590. The summed E-state index contributed by atoms with van der Waals surface area (Å²) in [4.78, 5) is 0. The first-order chi connectivity index (χ1) is 12.5. The van der Waals surface area contributed by atoms with E-state index in [0.717, 1.165) is 0 Å². The first-order valence-electron chi connectivity index (χ1n) is 9.21. The Kier molecular flexibility index (Phi) is 4.12. The molecule has 0 heterocycles. The average molecular weight is 336 g/mol. The average Bonchev–Trinajstić information content (AvgIpc) is 2.67. The Labute approximate surface area is 156 Å². The van der Waals surface area contributed by atoms with Gasteiger partial charge in [0.25, 0.3) is 0 Å². The molecule has 128 valence electrons. The normalized spacial score (nSPS) is 11.7. The maximum Gasteiger partial charge on any atom is -0.0132 e. The number of fused-ring (bicyclic) bond motifs is 1. The van der Waals surface area contributed by atoms with Crippen LogP contribution in [0.25, 0.3) is 33.0 Å². The van der Waals surface area contributed by atoms with Gasteiger partial charge in [0, 0.05) is 0 Å². The van der Waals surface area contributed by atoms with Gasteiger partial charge in [-0.3, -0.25) is 0 Å². The minimum Gasteiger partial charge on any atom is -0.0622 e. The van der Waals surface area contributed by atoms with Crippen LogP contribution >= 0.6 is 0 Å². The van der Waals surface area contributed by atoms with Crippen molar-refractivity contribution in [1.29, 1.82) is 0 Å². The zero-order valence-corrected chi connectivity index (χ0v) is 15.7. The second-order valence-corrected chi connectivity index (χ2v) is 7.97. The van der Waals surface area contributed by atoms with Crippen molar-refractivity contribution in [2.45, 2.75) is 26.2 Å². The fourth-order valence-corrected chi connectivity index (χ4v) is 3.40. The Morgan fingerprint density at radius 2 is 0.962 bits per heavy atom. The standard InChI is InChI=1S/C26H24/c1-26(2,3)25-15-13-20(14-16-25)23-12-10-21-9-11-22(17-24(21)18-23)19-7-5-4-6-8-19/h4-18H,1-3H3. The van der Waals surface area contributed by atoms with Crippen molar-refractivity contribution in [2.75, 3.05) is 0 Å². The summed E-state index contributed by atoms with van der Waals surface area (Å²) >= 11 is 0. The first kappa shape index (κ1) is 16.6. The second-order valence-electron chi connectivity index (χ2n) is 7.97. The molecule has 0 aliphatic rings. The van der Waals surface area contributed by atoms with Crippen LogP contribution in [0.1, 0.15) is 26.3 Å². The minimum atomic E-state index is 0.187. The van der Waals surface area contributed by atoms with Gasteiger partial charge < -0.3 is 0 Å². The second kappa shape index (κ2) is 6.46. The van der Waals surface area contributed by atoms with E-state index in [2.05, 4.69) is 112 Å². The topological polar surface area (TPSA) is 0 Å². The van der Waals surface area contributed by atoms with Gasteiger partial charge in [0.2, 0.25) is 0 Å². The van der Waals surface area contributed by atoms with E-state index < -0.39 is 0 Å². The third kappa shape index (κ3) is 3.28. The summed E-state index contributed by atoms with van der Waals surface area (Å²) in [6.45, 7) is 6.76. The molecule has 4 aromatic carbocycles. The van der Waals surface area contributed by atoms with Gasteiger partial charge in [-0.15, -0.1) is 0 Å². The van der Waals surface area contributed by atoms with E-state index in [1.807, 2.05) is 0 Å².